The van der Waals surface area contributed by atoms with Crippen molar-refractivity contribution < 1.29 is 0 Å². The van der Waals surface area contributed by atoms with E-state index in [4.69, 9.17) is 0 Å². The average molecular weight is 167 g/mol. The zero-order valence-electron chi connectivity index (χ0n) is 6.75. The lowest BCUT2D eigenvalue weighted by Gasteiger charge is -2.02. The number of allylic oxidation sites excluding steroid dienone is 1. The van der Waals surface area contributed by atoms with Gasteiger partial charge in [0.1, 0.15) is 0 Å². The summed E-state index contributed by atoms with van der Waals surface area (Å²) in [5, 5.41) is 0. The third-order valence-electron chi connectivity index (χ3n) is 1.73. The van der Waals surface area contributed by atoms with Gasteiger partial charge in [-0.3, -0.25) is 0 Å². The smallest absolute Gasteiger partial charge is 0.0345 e. The fraction of sp³-hybridized carbons (Fsp3) is 0.333. The van der Waals surface area contributed by atoms with Crippen LogP contribution in [-0.2, 0) is 0 Å². The molecule has 0 unspecified atom stereocenters. The van der Waals surface area contributed by atoms with Gasteiger partial charge in [0.25, 0.3) is 0 Å². The predicted octanol–water partition coefficient (Wildman–Crippen LogP) is 2.21. The third-order valence-corrected chi connectivity index (χ3v) is 2.02. The lowest BCUT2D eigenvalue weighted by atomic mass is 10.1. The molecular formula is C9H13NS. The Labute approximate surface area is 73.6 Å². The molecule has 0 bridgehead atoms. The minimum Gasteiger partial charge on any atom is -0.244 e. The fourth-order valence-corrected chi connectivity index (χ4v) is 1.51. The average Bonchev–Trinajstić information content (AvgIpc) is 2.32. The van der Waals surface area contributed by atoms with Gasteiger partial charge in [0.2, 0.25) is 0 Å². The van der Waals surface area contributed by atoms with Gasteiger partial charge in [0.05, 0.1) is 0 Å². The topological polar surface area (TPSA) is 3.24 Å². The van der Waals surface area contributed by atoms with Crippen molar-refractivity contribution in [1.29, 1.82) is 0 Å². The summed E-state index contributed by atoms with van der Waals surface area (Å²) in [6.45, 7) is 7.61. The Kier molecular flexibility index (Phi) is 2.97. The maximum absolute atomic E-state index is 4.27. The number of rotatable bonds is 2. The molecule has 0 aromatic carbocycles. The molecule has 0 aromatic rings. The molecule has 0 atom stereocenters. The van der Waals surface area contributed by atoms with Crippen LogP contribution in [0.5, 0.6) is 0 Å². The van der Waals surface area contributed by atoms with E-state index in [1.165, 1.54) is 11.1 Å². The number of thiol groups is 1. The Morgan fingerprint density at radius 1 is 1.45 bits per heavy atom. The molecule has 1 aliphatic rings. The third kappa shape index (κ3) is 1.98. The van der Waals surface area contributed by atoms with Gasteiger partial charge >= 0.3 is 0 Å². The van der Waals surface area contributed by atoms with Crippen molar-refractivity contribution in [1.82, 2.24) is 4.31 Å². The highest BCUT2D eigenvalue weighted by Gasteiger charge is 2.14. The van der Waals surface area contributed by atoms with Crippen molar-refractivity contribution in [2.75, 3.05) is 13.1 Å². The summed E-state index contributed by atoms with van der Waals surface area (Å²) in [5.41, 5.74) is 2.62. The van der Waals surface area contributed by atoms with Gasteiger partial charge in [-0.1, -0.05) is 37.6 Å². The lowest BCUT2D eigenvalue weighted by molar-refractivity contribution is 0.608. The van der Waals surface area contributed by atoms with E-state index in [9.17, 15) is 0 Å². The molecule has 0 N–H and O–H groups in total. The standard InChI is InChI=1S/C9H13NS/c1-3-5-9-7-10(11)6-8(9)4-2/h3-5,11H,2,6-7H2,1H3/b5-3-. The molecule has 1 aliphatic heterocycles. The van der Waals surface area contributed by atoms with Crippen LogP contribution in [0.3, 0.4) is 0 Å². The molecule has 0 aliphatic carbocycles. The summed E-state index contributed by atoms with van der Waals surface area (Å²) in [7, 11) is 0. The molecule has 0 saturated heterocycles. The Balaban J connectivity index is 2.79. The maximum Gasteiger partial charge on any atom is 0.0345 e. The summed E-state index contributed by atoms with van der Waals surface area (Å²) in [6, 6.07) is 0. The SMILES string of the molecule is C=CC1=C(/C=C\C)CN(S)C1. The Morgan fingerprint density at radius 2 is 2.09 bits per heavy atom. The first-order valence-electron chi connectivity index (χ1n) is 3.69. The van der Waals surface area contributed by atoms with E-state index in [2.05, 4.69) is 25.5 Å². The van der Waals surface area contributed by atoms with E-state index < -0.39 is 0 Å². The first-order chi connectivity index (χ1) is 5.27. The van der Waals surface area contributed by atoms with Gasteiger partial charge in [0, 0.05) is 13.1 Å². The number of hydrogen-bond acceptors (Lipinski definition) is 2. The van der Waals surface area contributed by atoms with Crippen molar-refractivity contribution in [3.05, 3.63) is 36.0 Å². The van der Waals surface area contributed by atoms with Gasteiger partial charge in [0.15, 0.2) is 0 Å². The zero-order chi connectivity index (χ0) is 8.27. The van der Waals surface area contributed by atoms with Crippen LogP contribution in [0.2, 0.25) is 0 Å². The van der Waals surface area contributed by atoms with Crippen LogP contribution >= 0.6 is 12.8 Å². The monoisotopic (exact) mass is 167 g/mol. The van der Waals surface area contributed by atoms with Gasteiger partial charge in [-0.2, -0.15) is 0 Å². The van der Waals surface area contributed by atoms with Crippen molar-refractivity contribution >= 4 is 12.8 Å². The molecule has 2 heteroatoms. The maximum atomic E-state index is 4.27. The van der Waals surface area contributed by atoms with Gasteiger partial charge < -0.3 is 0 Å². The van der Waals surface area contributed by atoms with Crippen LogP contribution in [0.15, 0.2) is 36.0 Å². The zero-order valence-corrected chi connectivity index (χ0v) is 7.64. The van der Waals surface area contributed by atoms with Crippen molar-refractivity contribution in [3.8, 4) is 0 Å². The van der Waals surface area contributed by atoms with Crippen molar-refractivity contribution in [2.24, 2.45) is 0 Å². The second kappa shape index (κ2) is 3.79. The van der Waals surface area contributed by atoms with Gasteiger partial charge in [-0.25, -0.2) is 4.31 Å². The van der Waals surface area contributed by atoms with Gasteiger partial charge in [-0.15, -0.1) is 0 Å². The molecule has 1 heterocycles. The molecular weight excluding hydrogens is 154 g/mol. The van der Waals surface area contributed by atoms with E-state index in [1.807, 2.05) is 23.4 Å². The highest BCUT2D eigenvalue weighted by molar-refractivity contribution is 7.77. The van der Waals surface area contributed by atoms with E-state index in [0.717, 1.165) is 13.1 Å². The molecule has 0 radical (unpaired) electrons. The van der Waals surface area contributed by atoms with E-state index in [0.29, 0.717) is 0 Å². The van der Waals surface area contributed by atoms with E-state index in [-0.39, 0.29) is 0 Å². The summed E-state index contributed by atoms with van der Waals surface area (Å²) >= 11 is 4.27. The molecule has 0 amide bonds. The molecule has 1 nitrogen and oxygen atoms in total. The highest BCUT2D eigenvalue weighted by Crippen LogP contribution is 2.20. The van der Waals surface area contributed by atoms with Crippen LogP contribution in [0.25, 0.3) is 0 Å². The summed E-state index contributed by atoms with van der Waals surface area (Å²) in [5.74, 6) is 0. The molecule has 0 aromatic heterocycles. The Morgan fingerprint density at radius 3 is 2.64 bits per heavy atom. The molecule has 0 spiro atoms. The molecule has 1 rings (SSSR count). The van der Waals surface area contributed by atoms with E-state index in [1.54, 1.807) is 0 Å². The Hall–Kier alpha value is -0.470. The second-order valence-corrected chi connectivity index (χ2v) is 3.14. The second-order valence-electron chi connectivity index (χ2n) is 2.58. The van der Waals surface area contributed by atoms with Crippen LogP contribution in [0, 0.1) is 0 Å². The van der Waals surface area contributed by atoms with Crippen LogP contribution in [0.4, 0.5) is 0 Å². The van der Waals surface area contributed by atoms with Crippen molar-refractivity contribution in [3.63, 3.8) is 0 Å². The lowest BCUT2D eigenvalue weighted by Crippen LogP contribution is -2.07. The first kappa shape index (κ1) is 8.62. The quantitative estimate of drug-likeness (QED) is 0.617. The van der Waals surface area contributed by atoms with E-state index >= 15 is 0 Å². The summed E-state index contributed by atoms with van der Waals surface area (Å²) in [6.07, 6.45) is 6.07. The van der Waals surface area contributed by atoms with Crippen molar-refractivity contribution in [2.45, 2.75) is 6.92 Å². The molecule has 0 fully saturated rings. The normalized spacial score (nSPS) is 20.2. The molecule has 0 saturated carbocycles. The largest absolute Gasteiger partial charge is 0.244 e. The summed E-state index contributed by atoms with van der Waals surface area (Å²) < 4.78 is 1.98. The minimum atomic E-state index is 0.909. The molecule has 11 heavy (non-hydrogen) atoms. The minimum absolute atomic E-state index is 0.909. The first-order valence-corrected chi connectivity index (χ1v) is 4.09. The predicted molar refractivity (Wildman–Crippen MR) is 52.6 cm³/mol. The van der Waals surface area contributed by atoms with Crippen LogP contribution < -0.4 is 0 Å². The van der Waals surface area contributed by atoms with Gasteiger partial charge in [-0.05, 0) is 18.1 Å². The summed E-state index contributed by atoms with van der Waals surface area (Å²) in [4.78, 5) is 0. The Bertz CT molecular complexity index is 216. The number of nitrogens with zero attached hydrogens (tertiary/aromatic N) is 1. The van der Waals surface area contributed by atoms with Crippen LogP contribution in [0.1, 0.15) is 6.92 Å². The molecule has 60 valence electrons. The van der Waals surface area contributed by atoms with Crippen LogP contribution in [-0.4, -0.2) is 17.4 Å². The number of hydrogen-bond donors (Lipinski definition) is 1. The fourth-order valence-electron chi connectivity index (χ4n) is 1.21. The highest BCUT2D eigenvalue weighted by atomic mass is 32.1.